The first-order valence-corrected chi connectivity index (χ1v) is 4.99. The number of hydrogen-bond acceptors (Lipinski definition) is 1. The van der Waals surface area contributed by atoms with E-state index in [-0.39, 0.29) is 0 Å². The van der Waals surface area contributed by atoms with Crippen LogP contribution in [0.3, 0.4) is 0 Å². The standard InChI is InChI=1S/C10H17NO/c1-7-5-8(2)11-9(6-7)3-4-10(11)12/h7-9H,3-6H2,1-2H3/t7-,8-,9+/m1/s1. The van der Waals surface area contributed by atoms with Crippen LogP contribution in [0, 0.1) is 5.92 Å². The molecule has 0 aromatic heterocycles. The first-order chi connectivity index (χ1) is 5.68. The minimum absolute atomic E-state index is 0.388. The van der Waals surface area contributed by atoms with E-state index in [4.69, 9.17) is 0 Å². The fourth-order valence-corrected chi connectivity index (χ4v) is 2.86. The maximum Gasteiger partial charge on any atom is 0.223 e. The van der Waals surface area contributed by atoms with Crippen LogP contribution in [-0.4, -0.2) is 22.9 Å². The molecule has 12 heavy (non-hydrogen) atoms. The molecule has 68 valence electrons. The average molecular weight is 167 g/mol. The molecule has 2 fully saturated rings. The van der Waals surface area contributed by atoms with Gasteiger partial charge < -0.3 is 4.90 Å². The van der Waals surface area contributed by atoms with E-state index in [0.29, 0.717) is 18.0 Å². The average Bonchev–Trinajstić information content (AvgIpc) is 2.31. The van der Waals surface area contributed by atoms with Crippen molar-refractivity contribution in [2.24, 2.45) is 5.92 Å². The number of carbonyl (C=O) groups is 1. The normalized spacial score (nSPS) is 41.7. The third-order valence-corrected chi connectivity index (χ3v) is 3.27. The van der Waals surface area contributed by atoms with Crippen molar-refractivity contribution in [3.63, 3.8) is 0 Å². The van der Waals surface area contributed by atoms with Crippen LogP contribution in [0.2, 0.25) is 0 Å². The molecule has 2 aliphatic heterocycles. The van der Waals surface area contributed by atoms with Crippen LogP contribution in [0.15, 0.2) is 0 Å². The zero-order chi connectivity index (χ0) is 8.72. The molecular formula is C10H17NO. The van der Waals surface area contributed by atoms with Gasteiger partial charge in [0.2, 0.25) is 5.91 Å². The number of amides is 1. The van der Waals surface area contributed by atoms with E-state index >= 15 is 0 Å². The summed E-state index contributed by atoms with van der Waals surface area (Å²) in [6.07, 6.45) is 4.33. The Bertz CT molecular complexity index is 202. The van der Waals surface area contributed by atoms with Crippen LogP contribution < -0.4 is 0 Å². The molecule has 0 aromatic carbocycles. The van der Waals surface area contributed by atoms with Gasteiger partial charge in [-0.25, -0.2) is 0 Å². The van der Waals surface area contributed by atoms with Gasteiger partial charge in [0.25, 0.3) is 0 Å². The highest BCUT2D eigenvalue weighted by Gasteiger charge is 2.38. The molecule has 0 N–H and O–H groups in total. The quantitative estimate of drug-likeness (QED) is 0.538. The second kappa shape index (κ2) is 2.75. The first kappa shape index (κ1) is 8.09. The topological polar surface area (TPSA) is 20.3 Å². The van der Waals surface area contributed by atoms with Gasteiger partial charge in [-0.2, -0.15) is 0 Å². The van der Waals surface area contributed by atoms with Gasteiger partial charge in [-0.15, -0.1) is 0 Å². The summed E-state index contributed by atoms with van der Waals surface area (Å²) in [6.45, 7) is 4.49. The number of carbonyl (C=O) groups excluding carboxylic acids is 1. The van der Waals surface area contributed by atoms with Gasteiger partial charge in [0.05, 0.1) is 0 Å². The Balaban J connectivity index is 2.14. The highest BCUT2D eigenvalue weighted by atomic mass is 16.2. The van der Waals surface area contributed by atoms with E-state index in [1.807, 2.05) is 0 Å². The van der Waals surface area contributed by atoms with E-state index in [9.17, 15) is 4.79 Å². The molecule has 2 heteroatoms. The Morgan fingerprint density at radius 1 is 1.33 bits per heavy atom. The molecule has 3 atom stereocenters. The predicted octanol–water partition coefficient (Wildman–Crippen LogP) is 1.80. The van der Waals surface area contributed by atoms with E-state index < -0.39 is 0 Å². The maximum absolute atomic E-state index is 11.5. The van der Waals surface area contributed by atoms with Gasteiger partial charge in [-0.1, -0.05) is 6.92 Å². The van der Waals surface area contributed by atoms with Crippen molar-refractivity contribution in [3.8, 4) is 0 Å². The molecule has 0 aromatic rings. The minimum atomic E-state index is 0.388. The highest BCUT2D eigenvalue weighted by Crippen LogP contribution is 2.34. The molecule has 0 bridgehead atoms. The molecule has 0 unspecified atom stereocenters. The second-order valence-corrected chi connectivity index (χ2v) is 4.42. The molecule has 0 radical (unpaired) electrons. The third kappa shape index (κ3) is 1.13. The number of hydrogen-bond donors (Lipinski definition) is 0. The molecule has 2 heterocycles. The van der Waals surface area contributed by atoms with Crippen molar-refractivity contribution in [1.82, 2.24) is 4.90 Å². The van der Waals surface area contributed by atoms with Crippen molar-refractivity contribution in [2.45, 2.75) is 51.6 Å². The first-order valence-electron chi connectivity index (χ1n) is 4.99. The van der Waals surface area contributed by atoms with Gasteiger partial charge in [-0.05, 0) is 32.1 Å². The molecule has 2 nitrogen and oxygen atoms in total. The minimum Gasteiger partial charge on any atom is -0.337 e. The maximum atomic E-state index is 11.5. The van der Waals surface area contributed by atoms with Crippen molar-refractivity contribution in [2.75, 3.05) is 0 Å². The van der Waals surface area contributed by atoms with Gasteiger partial charge in [0.1, 0.15) is 0 Å². The lowest BCUT2D eigenvalue weighted by atomic mass is 9.89. The van der Waals surface area contributed by atoms with E-state index in [1.165, 1.54) is 12.8 Å². The van der Waals surface area contributed by atoms with Crippen LogP contribution in [0.4, 0.5) is 0 Å². The molecule has 0 saturated carbocycles. The smallest absolute Gasteiger partial charge is 0.223 e. The summed E-state index contributed by atoms with van der Waals surface area (Å²) in [5, 5.41) is 0. The predicted molar refractivity (Wildman–Crippen MR) is 47.7 cm³/mol. The number of nitrogens with zero attached hydrogens (tertiary/aromatic N) is 1. The zero-order valence-corrected chi connectivity index (χ0v) is 7.92. The van der Waals surface area contributed by atoms with E-state index in [1.54, 1.807) is 0 Å². The van der Waals surface area contributed by atoms with E-state index in [2.05, 4.69) is 18.7 Å². The second-order valence-electron chi connectivity index (χ2n) is 4.42. The molecule has 2 aliphatic rings. The monoisotopic (exact) mass is 167 g/mol. The van der Waals surface area contributed by atoms with Crippen LogP contribution in [0.25, 0.3) is 0 Å². The zero-order valence-electron chi connectivity index (χ0n) is 7.92. The van der Waals surface area contributed by atoms with Gasteiger partial charge >= 0.3 is 0 Å². The number of piperidine rings is 1. The van der Waals surface area contributed by atoms with Crippen molar-refractivity contribution < 1.29 is 4.79 Å². The summed E-state index contributed by atoms with van der Waals surface area (Å²) < 4.78 is 0. The Morgan fingerprint density at radius 3 is 2.83 bits per heavy atom. The summed E-state index contributed by atoms with van der Waals surface area (Å²) in [4.78, 5) is 13.6. The van der Waals surface area contributed by atoms with Crippen LogP contribution in [0.5, 0.6) is 0 Å². The van der Waals surface area contributed by atoms with E-state index in [0.717, 1.165) is 18.8 Å². The molecule has 2 saturated heterocycles. The van der Waals surface area contributed by atoms with Crippen molar-refractivity contribution in [1.29, 1.82) is 0 Å². The SMILES string of the molecule is C[C@H]1C[C@@H]2CCC(=O)N2[C@H](C)C1. The van der Waals surface area contributed by atoms with Crippen molar-refractivity contribution in [3.05, 3.63) is 0 Å². The van der Waals surface area contributed by atoms with Gasteiger partial charge in [0, 0.05) is 18.5 Å². The third-order valence-electron chi connectivity index (χ3n) is 3.27. The summed E-state index contributed by atoms with van der Waals surface area (Å²) in [5.74, 6) is 1.20. The summed E-state index contributed by atoms with van der Waals surface area (Å²) in [5.41, 5.74) is 0. The fourth-order valence-electron chi connectivity index (χ4n) is 2.86. The van der Waals surface area contributed by atoms with Gasteiger partial charge in [-0.3, -0.25) is 4.79 Å². The molecular weight excluding hydrogens is 150 g/mol. The molecule has 0 spiro atoms. The van der Waals surface area contributed by atoms with Crippen molar-refractivity contribution >= 4 is 5.91 Å². The molecule has 0 aliphatic carbocycles. The Labute approximate surface area is 73.9 Å². The summed E-state index contributed by atoms with van der Waals surface area (Å²) in [6, 6.07) is 1.07. The summed E-state index contributed by atoms with van der Waals surface area (Å²) >= 11 is 0. The Hall–Kier alpha value is -0.530. The Kier molecular flexibility index (Phi) is 1.85. The lowest BCUT2D eigenvalue weighted by Crippen LogP contribution is -2.45. The molecule has 2 rings (SSSR count). The Morgan fingerprint density at radius 2 is 2.08 bits per heavy atom. The number of rotatable bonds is 0. The van der Waals surface area contributed by atoms with Crippen LogP contribution in [-0.2, 0) is 4.79 Å². The largest absolute Gasteiger partial charge is 0.337 e. The van der Waals surface area contributed by atoms with Crippen LogP contribution >= 0.6 is 0 Å². The lowest BCUT2D eigenvalue weighted by Gasteiger charge is -2.39. The summed E-state index contributed by atoms with van der Waals surface area (Å²) in [7, 11) is 0. The highest BCUT2D eigenvalue weighted by molar-refractivity contribution is 5.79. The fraction of sp³-hybridized carbons (Fsp3) is 0.900. The van der Waals surface area contributed by atoms with Crippen LogP contribution in [0.1, 0.15) is 39.5 Å². The lowest BCUT2D eigenvalue weighted by molar-refractivity contribution is -0.132. The van der Waals surface area contributed by atoms with Gasteiger partial charge in [0.15, 0.2) is 0 Å². The molecule has 1 amide bonds. The number of fused-ring (bicyclic) bond motifs is 1.